The molecule has 0 N–H and O–H groups in total. The van der Waals surface area contributed by atoms with Crippen molar-refractivity contribution in [2.24, 2.45) is 0 Å². The molecule has 8 heteroatoms. The zero-order valence-electron chi connectivity index (χ0n) is 9.82. The molecule has 0 atom stereocenters. The standard InChI is InChI=1S/C12H8Cl4O4/c13-7-1-2-8(14)9(5-7)20-12(18)4-3-11(17)19-6-10(15)16/h1-5,10H,6H2/b4-3+. The minimum atomic E-state index is -0.829. The molecule has 0 aliphatic carbocycles. The molecule has 1 rings (SSSR count). The van der Waals surface area contributed by atoms with Crippen molar-refractivity contribution >= 4 is 58.3 Å². The van der Waals surface area contributed by atoms with Gasteiger partial charge in [-0.15, -0.1) is 23.2 Å². The Kier molecular flexibility index (Phi) is 7.16. The Bertz CT molecular complexity index is 528. The fourth-order valence-electron chi connectivity index (χ4n) is 1.03. The van der Waals surface area contributed by atoms with Crippen LogP contribution in [0.25, 0.3) is 0 Å². The minimum Gasteiger partial charge on any atom is -0.460 e. The van der Waals surface area contributed by atoms with Gasteiger partial charge in [-0.05, 0) is 12.1 Å². The molecule has 0 saturated heterocycles. The van der Waals surface area contributed by atoms with E-state index in [4.69, 9.17) is 51.1 Å². The third-order valence-electron chi connectivity index (χ3n) is 1.81. The first-order valence-electron chi connectivity index (χ1n) is 5.18. The van der Waals surface area contributed by atoms with E-state index >= 15 is 0 Å². The van der Waals surface area contributed by atoms with Crippen LogP contribution >= 0.6 is 46.4 Å². The molecular formula is C12H8Cl4O4. The molecule has 0 aliphatic heterocycles. The van der Waals surface area contributed by atoms with Crippen molar-refractivity contribution < 1.29 is 19.1 Å². The summed E-state index contributed by atoms with van der Waals surface area (Å²) in [5, 5.41) is 0.571. The van der Waals surface area contributed by atoms with Crippen LogP contribution in [0.4, 0.5) is 0 Å². The second-order valence-corrected chi connectivity index (χ2v) is 5.47. The minimum absolute atomic E-state index is 0.0868. The van der Waals surface area contributed by atoms with Crippen molar-refractivity contribution in [2.75, 3.05) is 6.61 Å². The van der Waals surface area contributed by atoms with E-state index in [0.29, 0.717) is 5.02 Å². The van der Waals surface area contributed by atoms with Gasteiger partial charge in [0.05, 0.1) is 5.02 Å². The summed E-state index contributed by atoms with van der Waals surface area (Å²) < 4.78 is 9.50. The van der Waals surface area contributed by atoms with E-state index < -0.39 is 16.8 Å². The zero-order chi connectivity index (χ0) is 15.1. The summed E-state index contributed by atoms with van der Waals surface area (Å²) in [6.45, 7) is -0.179. The summed E-state index contributed by atoms with van der Waals surface area (Å²) in [6.07, 6.45) is 1.77. The average molecular weight is 358 g/mol. The first-order valence-corrected chi connectivity index (χ1v) is 6.81. The van der Waals surface area contributed by atoms with Gasteiger partial charge in [0.1, 0.15) is 11.4 Å². The Balaban J connectivity index is 2.55. The van der Waals surface area contributed by atoms with E-state index in [0.717, 1.165) is 12.2 Å². The molecule has 1 aromatic rings. The second-order valence-electron chi connectivity index (χ2n) is 3.35. The number of halogens is 4. The highest BCUT2D eigenvalue weighted by molar-refractivity contribution is 6.44. The molecule has 0 unspecified atom stereocenters. The summed E-state index contributed by atoms with van der Waals surface area (Å²) in [5.74, 6) is -1.49. The van der Waals surface area contributed by atoms with Crippen molar-refractivity contribution in [3.05, 3.63) is 40.4 Å². The molecule has 0 radical (unpaired) electrons. The van der Waals surface area contributed by atoms with Crippen LogP contribution in [0.15, 0.2) is 30.4 Å². The molecule has 4 nitrogen and oxygen atoms in total. The van der Waals surface area contributed by atoms with Gasteiger partial charge in [-0.25, -0.2) is 9.59 Å². The lowest BCUT2D eigenvalue weighted by Crippen LogP contribution is -2.09. The number of carbonyl (C=O) groups excluding carboxylic acids is 2. The monoisotopic (exact) mass is 356 g/mol. The van der Waals surface area contributed by atoms with Gasteiger partial charge in [0.2, 0.25) is 0 Å². The van der Waals surface area contributed by atoms with Crippen molar-refractivity contribution in [3.8, 4) is 5.75 Å². The molecule has 0 fully saturated rings. The highest BCUT2D eigenvalue weighted by atomic mass is 35.5. The smallest absolute Gasteiger partial charge is 0.336 e. The molecule has 0 aromatic heterocycles. The summed E-state index contributed by atoms with van der Waals surface area (Å²) in [7, 11) is 0. The first kappa shape index (κ1) is 17.1. The first-order chi connectivity index (χ1) is 9.38. The van der Waals surface area contributed by atoms with Crippen LogP contribution in [0.1, 0.15) is 0 Å². The van der Waals surface area contributed by atoms with Gasteiger partial charge in [-0.3, -0.25) is 0 Å². The van der Waals surface area contributed by atoms with Gasteiger partial charge in [0, 0.05) is 23.2 Å². The summed E-state index contributed by atoms with van der Waals surface area (Å²) >= 11 is 22.3. The fraction of sp³-hybridized carbons (Fsp3) is 0.167. The summed E-state index contributed by atoms with van der Waals surface area (Å²) in [5.41, 5.74) is 0. The largest absolute Gasteiger partial charge is 0.460 e. The number of hydrogen-bond acceptors (Lipinski definition) is 4. The zero-order valence-corrected chi connectivity index (χ0v) is 12.8. The normalized spacial score (nSPS) is 10.8. The Morgan fingerprint density at radius 1 is 1.15 bits per heavy atom. The molecule has 108 valence electrons. The molecule has 20 heavy (non-hydrogen) atoms. The molecular weight excluding hydrogens is 350 g/mol. The number of rotatable bonds is 5. The van der Waals surface area contributed by atoms with Crippen LogP contribution in [0.5, 0.6) is 5.75 Å². The van der Waals surface area contributed by atoms with Gasteiger partial charge in [-0.2, -0.15) is 0 Å². The second kappa shape index (κ2) is 8.37. The summed E-state index contributed by atoms with van der Waals surface area (Å²) in [4.78, 5) is 21.8. The SMILES string of the molecule is O=C(/C=C/C(=O)Oc1cc(Cl)ccc1Cl)OCC(Cl)Cl. The molecule has 0 heterocycles. The van der Waals surface area contributed by atoms with Crippen molar-refractivity contribution in [1.29, 1.82) is 0 Å². The number of benzene rings is 1. The molecule has 0 aliphatic rings. The Hall–Kier alpha value is -0.940. The number of esters is 2. The van der Waals surface area contributed by atoms with Gasteiger partial charge in [-0.1, -0.05) is 23.2 Å². The highest BCUT2D eigenvalue weighted by Gasteiger charge is 2.08. The van der Waals surface area contributed by atoms with Crippen molar-refractivity contribution in [2.45, 2.75) is 4.84 Å². The molecule has 0 amide bonds. The van der Waals surface area contributed by atoms with E-state index in [1.165, 1.54) is 12.1 Å². The average Bonchev–Trinajstić information content (AvgIpc) is 2.38. The molecule has 0 bridgehead atoms. The van der Waals surface area contributed by atoms with Crippen LogP contribution in [-0.4, -0.2) is 23.4 Å². The van der Waals surface area contributed by atoms with Crippen molar-refractivity contribution in [3.63, 3.8) is 0 Å². The quantitative estimate of drug-likeness (QED) is 0.348. The third kappa shape index (κ3) is 6.48. The van der Waals surface area contributed by atoms with Crippen LogP contribution in [0.3, 0.4) is 0 Å². The Labute approximate surface area is 135 Å². The molecule has 1 aromatic carbocycles. The van der Waals surface area contributed by atoms with E-state index in [2.05, 4.69) is 4.74 Å². The number of ether oxygens (including phenoxy) is 2. The predicted molar refractivity (Wildman–Crippen MR) is 77.7 cm³/mol. The van der Waals surface area contributed by atoms with Crippen molar-refractivity contribution in [1.82, 2.24) is 0 Å². The molecule has 0 saturated carbocycles. The van der Waals surface area contributed by atoms with Gasteiger partial charge in [0.25, 0.3) is 0 Å². The lowest BCUT2D eigenvalue weighted by molar-refractivity contribution is -0.138. The van der Waals surface area contributed by atoms with E-state index in [1.54, 1.807) is 6.07 Å². The topological polar surface area (TPSA) is 52.6 Å². The lowest BCUT2D eigenvalue weighted by atomic mass is 10.3. The lowest BCUT2D eigenvalue weighted by Gasteiger charge is -2.04. The molecule has 0 spiro atoms. The van der Waals surface area contributed by atoms with Gasteiger partial charge in [0.15, 0.2) is 5.75 Å². The maximum absolute atomic E-state index is 11.4. The number of alkyl halides is 2. The van der Waals surface area contributed by atoms with Crippen LogP contribution in [0, 0.1) is 0 Å². The van der Waals surface area contributed by atoms with Crippen LogP contribution in [-0.2, 0) is 14.3 Å². The number of carbonyl (C=O) groups is 2. The fourth-order valence-corrected chi connectivity index (χ4v) is 1.47. The number of hydrogen-bond donors (Lipinski definition) is 0. The van der Waals surface area contributed by atoms with E-state index in [9.17, 15) is 9.59 Å². The van der Waals surface area contributed by atoms with Gasteiger partial charge < -0.3 is 9.47 Å². The third-order valence-corrected chi connectivity index (χ3v) is 2.61. The van der Waals surface area contributed by atoms with Crippen LogP contribution < -0.4 is 4.74 Å². The van der Waals surface area contributed by atoms with E-state index in [1.807, 2.05) is 0 Å². The Morgan fingerprint density at radius 3 is 2.45 bits per heavy atom. The predicted octanol–water partition coefficient (Wildman–Crippen LogP) is 3.80. The summed E-state index contributed by atoms with van der Waals surface area (Å²) in [6, 6.07) is 4.40. The Morgan fingerprint density at radius 2 is 1.80 bits per heavy atom. The highest BCUT2D eigenvalue weighted by Crippen LogP contribution is 2.27. The van der Waals surface area contributed by atoms with Gasteiger partial charge >= 0.3 is 11.9 Å². The van der Waals surface area contributed by atoms with Crippen LogP contribution in [0.2, 0.25) is 10.0 Å². The maximum Gasteiger partial charge on any atom is 0.336 e. The van der Waals surface area contributed by atoms with E-state index in [-0.39, 0.29) is 17.4 Å². The maximum atomic E-state index is 11.4.